The molecule has 2 saturated carbocycles. The van der Waals surface area contributed by atoms with Crippen LogP contribution in [0, 0.1) is 22.7 Å². The maximum Gasteiger partial charge on any atom is -0.00512 e. The van der Waals surface area contributed by atoms with Crippen LogP contribution in [0.25, 0.3) is 0 Å². The molecule has 15 heavy (non-hydrogen) atoms. The van der Waals surface area contributed by atoms with Gasteiger partial charge in [0.2, 0.25) is 0 Å². The topological polar surface area (TPSA) is 0 Å². The van der Waals surface area contributed by atoms with Gasteiger partial charge in [0.1, 0.15) is 0 Å². The van der Waals surface area contributed by atoms with Gasteiger partial charge in [0, 0.05) is 0 Å². The second-order valence-electron chi connectivity index (χ2n) is 6.66. The van der Waals surface area contributed by atoms with Crippen molar-refractivity contribution in [2.45, 2.75) is 59.3 Å². The molecule has 4 unspecified atom stereocenters. The van der Waals surface area contributed by atoms with Crippen molar-refractivity contribution in [3.8, 4) is 0 Å². The Balaban J connectivity index is 1.97. The van der Waals surface area contributed by atoms with Gasteiger partial charge in [-0.15, -0.1) is 0 Å². The zero-order valence-electron chi connectivity index (χ0n) is 10.5. The molecule has 4 atom stereocenters. The average Bonchev–Trinajstić information content (AvgIpc) is 3.00. The number of hydrogen-bond acceptors (Lipinski definition) is 0. The molecule has 2 bridgehead atoms. The van der Waals surface area contributed by atoms with Crippen molar-refractivity contribution in [1.29, 1.82) is 0 Å². The van der Waals surface area contributed by atoms with Crippen molar-refractivity contribution in [3.63, 3.8) is 0 Å². The van der Waals surface area contributed by atoms with Gasteiger partial charge in [-0.25, -0.2) is 0 Å². The van der Waals surface area contributed by atoms with E-state index in [-0.39, 0.29) is 0 Å². The molecule has 3 aliphatic carbocycles. The first-order chi connectivity index (χ1) is 7.11. The van der Waals surface area contributed by atoms with Crippen LogP contribution in [0.2, 0.25) is 0 Å². The summed E-state index contributed by atoms with van der Waals surface area (Å²) in [5, 5.41) is 0. The van der Waals surface area contributed by atoms with Gasteiger partial charge in [0.15, 0.2) is 0 Å². The third kappa shape index (κ3) is 1.20. The lowest BCUT2D eigenvalue weighted by Gasteiger charge is -2.47. The molecule has 0 aromatic rings. The molecule has 0 N–H and O–H groups in total. The maximum absolute atomic E-state index is 2.55. The van der Waals surface area contributed by atoms with E-state index in [0.29, 0.717) is 10.8 Å². The highest BCUT2D eigenvalue weighted by atomic mass is 14.6. The number of fused-ring (bicyclic) bond motifs is 2. The van der Waals surface area contributed by atoms with Crippen LogP contribution in [0.4, 0.5) is 0 Å². The molecular weight excluding hydrogens is 180 g/mol. The van der Waals surface area contributed by atoms with E-state index in [1.165, 1.54) is 38.5 Å². The molecule has 3 aliphatic rings. The van der Waals surface area contributed by atoms with Gasteiger partial charge < -0.3 is 0 Å². The molecule has 0 heteroatoms. The summed E-state index contributed by atoms with van der Waals surface area (Å²) in [5.74, 6) is 1.95. The average molecular weight is 204 g/mol. The number of rotatable bonds is 2. The predicted molar refractivity (Wildman–Crippen MR) is 64.7 cm³/mol. The van der Waals surface area contributed by atoms with E-state index in [1.807, 2.05) is 5.57 Å². The standard InChI is InChI=1S/C15H24/c1-4-12-9-11(2)14(3)7-8-15(12,10-14)13-5-6-13/h5,11-12H,4,6-10H2,1-3H3. The Morgan fingerprint density at radius 3 is 2.73 bits per heavy atom. The van der Waals surface area contributed by atoms with E-state index in [1.54, 1.807) is 0 Å². The Kier molecular flexibility index (Phi) is 1.92. The van der Waals surface area contributed by atoms with E-state index in [0.717, 1.165) is 11.8 Å². The summed E-state index contributed by atoms with van der Waals surface area (Å²) >= 11 is 0. The predicted octanol–water partition coefficient (Wildman–Crippen LogP) is 4.56. The van der Waals surface area contributed by atoms with Crippen LogP contribution >= 0.6 is 0 Å². The van der Waals surface area contributed by atoms with Crippen LogP contribution in [0.5, 0.6) is 0 Å². The third-order valence-corrected chi connectivity index (χ3v) is 6.01. The number of hydrogen-bond donors (Lipinski definition) is 0. The van der Waals surface area contributed by atoms with Crippen molar-refractivity contribution in [2.75, 3.05) is 0 Å². The summed E-state index contributed by atoms with van der Waals surface area (Å²) < 4.78 is 0. The minimum Gasteiger partial charge on any atom is -0.0804 e. The maximum atomic E-state index is 2.55. The van der Waals surface area contributed by atoms with Crippen LogP contribution < -0.4 is 0 Å². The summed E-state index contributed by atoms with van der Waals surface area (Å²) in [5.41, 5.74) is 3.19. The SMILES string of the molecule is CCC1CC(C)C2(C)CCC1(C1=CC1)C2. The smallest absolute Gasteiger partial charge is 0.00512 e. The number of allylic oxidation sites excluding steroid dienone is 2. The molecule has 0 aromatic heterocycles. The first-order valence-corrected chi connectivity index (χ1v) is 6.80. The highest BCUT2D eigenvalue weighted by Gasteiger charge is 2.58. The Bertz CT molecular complexity index is 314. The molecule has 0 spiro atoms. The molecule has 3 rings (SSSR count). The van der Waals surface area contributed by atoms with Gasteiger partial charge in [-0.05, 0) is 54.8 Å². The molecule has 0 aliphatic heterocycles. The summed E-state index contributed by atoms with van der Waals surface area (Å²) in [4.78, 5) is 0. The molecule has 0 radical (unpaired) electrons. The fourth-order valence-corrected chi connectivity index (χ4v) is 4.66. The minimum absolute atomic E-state index is 0.676. The Labute approximate surface area is 94.1 Å². The minimum atomic E-state index is 0.676. The molecule has 84 valence electrons. The largest absolute Gasteiger partial charge is 0.0804 e. The molecule has 0 aromatic carbocycles. The van der Waals surface area contributed by atoms with Gasteiger partial charge in [-0.1, -0.05) is 38.8 Å². The summed E-state index contributed by atoms with van der Waals surface area (Å²) in [6, 6.07) is 0. The second kappa shape index (κ2) is 2.90. The van der Waals surface area contributed by atoms with E-state index < -0.39 is 0 Å². The zero-order chi connectivity index (χ0) is 10.7. The summed E-state index contributed by atoms with van der Waals surface area (Å²) in [6.07, 6.45) is 11.2. The van der Waals surface area contributed by atoms with Gasteiger partial charge in [-0.3, -0.25) is 0 Å². The van der Waals surface area contributed by atoms with Gasteiger partial charge in [0.05, 0.1) is 0 Å². The van der Waals surface area contributed by atoms with Crippen LogP contribution in [0.1, 0.15) is 59.3 Å². The van der Waals surface area contributed by atoms with Crippen molar-refractivity contribution in [3.05, 3.63) is 11.6 Å². The summed E-state index contributed by atoms with van der Waals surface area (Å²) in [6.45, 7) is 7.45. The van der Waals surface area contributed by atoms with E-state index in [4.69, 9.17) is 0 Å². The first kappa shape index (κ1) is 9.93. The van der Waals surface area contributed by atoms with Crippen molar-refractivity contribution in [2.24, 2.45) is 22.7 Å². The van der Waals surface area contributed by atoms with Crippen molar-refractivity contribution in [1.82, 2.24) is 0 Å². The fourth-order valence-electron chi connectivity index (χ4n) is 4.66. The van der Waals surface area contributed by atoms with Crippen molar-refractivity contribution >= 4 is 0 Å². The van der Waals surface area contributed by atoms with Crippen molar-refractivity contribution < 1.29 is 0 Å². The quantitative estimate of drug-likeness (QED) is 0.578. The highest BCUT2D eigenvalue weighted by Crippen LogP contribution is 2.68. The van der Waals surface area contributed by atoms with Crippen LogP contribution in [0.15, 0.2) is 11.6 Å². The molecule has 2 fully saturated rings. The van der Waals surface area contributed by atoms with Crippen LogP contribution in [0.3, 0.4) is 0 Å². The molecule has 0 amide bonds. The lowest BCUT2D eigenvalue weighted by Crippen LogP contribution is -2.38. The van der Waals surface area contributed by atoms with E-state index in [9.17, 15) is 0 Å². The molecule has 0 saturated heterocycles. The van der Waals surface area contributed by atoms with Crippen LogP contribution in [-0.2, 0) is 0 Å². The Morgan fingerprint density at radius 1 is 1.40 bits per heavy atom. The van der Waals surface area contributed by atoms with E-state index >= 15 is 0 Å². The van der Waals surface area contributed by atoms with Crippen LogP contribution in [-0.4, -0.2) is 0 Å². The zero-order valence-corrected chi connectivity index (χ0v) is 10.5. The Hall–Kier alpha value is -0.260. The first-order valence-electron chi connectivity index (χ1n) is 6.80. The molecule has 0 nitrogen and oxygen atoms in total. The highest BCUT2D eigenvalue weighted by molar-refractivity contribution is 5.34. The monoisotopic (exact) mass is 204 g/mol. The molecular formula is C15H24. The summed E-state index contributed by atoms with van der Waals surface area (Å²) in [7, 11) is 0. The van der Waals surface area contributed by atoms with Gasteiger partial charge in [0.25, 0.3) is 0 Å². The lowest BCUT2D eigenvalue weighted by atomic mass is 9.58. The van der Waals surface area contributed by atoms with Gasteiger partial charge in [-0.2, -0.15) is 0 Å². The van der Waals surface area contributed by atoms with E-state index in [2.05, 4.69) is 26.8 Å². The third-order valence-electron chi connectivity index (χ3n) is 6.01. The fraction of sp³-hybridized carbons (Fsp3) is 0.867. The Morgan fingerprint density at radius 2 is 2.13 bits per heavy atom. The second-order valence-corrected chi connectivity index (χ2v) is 6.66. The molecule has 0 heterocycles. The normalized spacial score (nSPS) is 52.9. The van der Waals surface area contributed by atoms with Gasteiger partial charge >= 0.3 is 0 Å². The lowest BCUT2D eigenvalue weighted by molar-refractivity contribution is 0.0566.